The number of hydrogen-bond acceptors (Lipinski definition) is 3. The van der Waals surface area contributed by atoms with Crippen molar-refractivity contribution in [2.45, 2.75) is 18.2 Å². The molecule has 0 atom stereocenters. The van der Waals surface area contributed by atoms with Gasteiger partial charge >= 0.3 is 0 Å². The van der Waals surface area contributed by atoms with Crippen molar-refractivity contribution in [1.29, 1.82) is 0 Å². The van der Waals surface area contributed by atoms with Crippen molar-refractivity contribution in [1.82, 2.24) is 9.78 Å². The number of benzene rings is 1. The highest BCUT2D eigenvalue weighted by molar-refractivity contribution is 8.00. The van der Waals surface area contributed by atoms with Crippen LogP contribution in [-0.2, 0) is 18.3 Å². The van der Waals surface area contributed by atoms with Crippen LogP contribution in [0.3, 0.4) is 0 Å². The van der Waals surface area contributed by atoms with Gasteiger partial charge in [0.1, 0.15) is 5.78 Å². The Morgan fingerprint density at radius 2 is 2.00 bits per heavy atom. The molecule has 0 fully saturated rings. The van der Waals surface area contributed by atoms with Gasteiger partial charge in [0, 0.05) is 18.1 Å². The van der Waals surface area contributed by atoms with Gasteiger partial charge in [-0.25, -0.2) is 0 Å². The van der Waals surface area contributed by atoms with E-state index < -0.39 is 0 Å². The van der Waals surface area contributed by atoms with E-state index in [4.69, 9.17) is 0 Å². The summed E-state index contributed by atoms with van der Waals surface area (Å²) in [7, 11) is 1.86. The fourth-order valence-electron chi connectivity index (χ4n) is 1.61. The number of Topliss-reactive ketones (excluding diaryl/α,β-unsaturated/α-hetero) is 1. The van der Waals surface area contributed by atoms with Gasteiger partial charge in [-0.05, 0) is 25.1 Å². The largest absolute Gasteiger partial charge is 0.298 e. The molecule has 0 unspecified atom stereocenters. The molecule has 0 saturated carbocycles. The minimum absolute atomic E-state index is 0.208. The first-order chi connectivity index (χ1) is 8.63. The molecule has 0 spiro atoms. The number of carbonyl (C=O) groups is 1. The lowest BCUT2D eigenvalue weighted by atomic mass is 10.2. The van der Waals surface area contributed by atoms with Crippen molar-refractivity contribution >= 4 is 17.5 Å². The maximum atomic E-state index is 11.8. The number of thioether (sulfide) groups is 1. The Kier molecular flexibility index (Phi) is 4.20. The van der Waals surface area contributed by atoms with E-state index in [1.54, 1.807) is 16.4 Å². The quantitative estimate of drug-likeness (QED) is 0.775. The molecule has 1 heterocycles. The van der Waals surface area contributed by atoms with E-state index >= 15 is 0 Å². The van der Waals surface area contributed by atoms with Crippen LogP contribution in [-0.4, -0.2) is 21.3 Å². The Bertz CT molecular complexity index is 531. The van der Waals surface area contributed by atoms with E-state index in [2.05, 4.69) is 24.2 Å². The van der Waals surface area contributed by atoms with Crippen LogP contribution < -0.4 is 0 Å². The van der Waals surface area contributed by atoms with Crippen LogP contribution in [0, 0.1) is 6.92 Å². The van der Waals surface area contributed by atoms with Gasteiger partial charge in [0.05, 0.1) is 17.9 Å². The highest BCUT2D eigenvalue weighted by Crippen LogP contribution is 2.18. The SMILES string of the molecule is Cc1ccc(SCC(=O)Cc2ccn(C)n2)cc1. The molecule has 18 heavy (non-hydrogen) atoms. The third-order valence-corrected chi connectivity index (χ3v) is 3.64. The van der Waals surface area contributed by atoms with E-state index in [1.807, 2.05) is 31.4 Å². The van der Waals surface area contributed by atoms with Crippen LogP contribution in [0.15, 0.2) is 41.4 Å². The average molecular weight is 260 g/mol. The molecule has 0 saturated heterocycles. The molecule has 0 aliphatic carbocycles. The molecule has 4 heteroatoms. The molecule has 2 rings (SSSR count). The molecular formula is C14H16N2OS. The summed E-state index contributed by atoms with van der Waals surface area (Å²) in [5.74, 6) is 0.707. The first-order valence-electron chi connectivity index (χ1n) is 5.83. The maximum absolute atomic E-state index is 11.8. The minimum atomic E-state index is 0.208. The summed E-state index contributed by atoms with van der Waals surface area (Å²) in [6, 6.07) is 10.1. The third-order valence-electron chi connectivity index (χ3n) is 2.57. The van der Waals surface area contributed by atoms with Crippen molar-refractivity contribution in [3.8, 4) is 0 Å². The molecule has 2 aromatic rings. The molecule has 0 N–H and O–H groups in total. The third kappa shape index (κ3) is 3.74. The van der Waals surface area contributed by atoms with Gasteiger partial charge in [0.2, 0.25) is 0 Å². The lowest BCUT2D eigenvalue weighted by molar-refractivity contribution is -0.116. The van der Waals surface area contributed by atoms with Crippen LogP contribution in [0.25, 0.3) is 0 Å². The second kappa shape index (κ2) is 5.87. The molecular weight excluding hydrogens is 244 g/mol. The summed E-state index contributed by atoms with van der Waals surface area (Å²) in [6.45, 7) is 2.06. The minimum Gasteiger partial charge on any atom is -0.298 e. The fourth-order valence-corrected chi connectivity index (χ4v) is 2.37. The number of carbonyl (C=O) groups excluding carboxylic acids is 1. The molecule has 1 aromatic heterocycles. The monoisotopic (exact) mass is 260 g/mol. The summed E-state index contributed by atoms with van der Waals surface area (Å²) in [5, 5.41) is 4.20. The Balaban J connectivity index is 1.83. The average Bonchev–Trinajstić information content (AvgIpc) is 2.74. The van der Waals surface area contributed by atoms with Gasteiger partial charge in [-0.15, -0.1) is 11.8 Å². The molecule has 0 aliphatic rings. The van der Waals surface area contributed by atoms with Crippen LogP contribution in [0.5, 0.6) is 0 Å². The summed E-state index contributed by atoms with van der Waals surface area (Å²) < 4.78 is 1.72. The Labute approximate surface area is 111 Å². The molecule has 0 radical (unpaired) electrons. The number of nitrogens with zero attached hydrogens (tertiary/aromatic N) is 2. The highest BCUT2D eigenvalue weighted by Gasteiger charge is 2.06. The number of rotatable bonds is 5. The van der Waals surface area contributed by atoms with Crippen molar-refractivity contribution in [3.63, 3.8) is 0 Å². The first-order valence-corrected chi connectivity index (χ1v) is 6.82. The summed E-state index contributed by atoms with van der Waals surface area (Å²) >= 11 is 1.58. The zero-order valence-electron chi connectivity index (χ0n) is 10.6. The second-order valence-corrected chi connectivity index (χ2v) is 5.35. The molecule has 3 nitrogen and oxygen atoms in total. The standard InChI is InChI=1S/C14H16N2OS/c1-11-3-5-14(6-4-11)18-10-13(17)9-12-7-8-16(2)15-12/h3-8H,9-10H2,1-2H3. The van der Waals surface area contributed by atoms with Gasteiger partial charge in [0.15, 0.2) is 0 Å². The number of hydrogen-bond donors (Lipinski definition) is 0. The number of aryl methyl sites for hydroxylation is 2. The summed E-state index contributed by atoms with van der Waals surface area (Å²) in [6.07, 6.45) is 2.27. The van der Waals surface area contributed by atoms with Gasteiger partial charge in [-0.3, -0.25) is 9.48 Å². The van der Waals surface area contributed by atoms with Crippen molar-refractivity contribution in [3.05, 3.63) is 47.8 Å². The van der Waals surface area contributed by atoms with E-state index in [1.165, 1.54) is 5.56 Å². The van der Waals surface area contributed by atoms with E-state index in [0.717, 1.165) is 10.6 Å². The predicted molar refractivity (Wildman–Crippen MR) is 73.8 cm³/mol. The summed E-state index contributed by atoms with van der Waals surface area (Å²) in [4.78, 5) is 12.9. The van der Waals surface area contributed by atoms with Crippen LogP contribution >= 0.6 is 11.8 Å². The Morgan fingerprint density at radius 1 is 1.28 bits per heavy atom. The Morgan fingerprint density at radius 3 is 2.61 bits per heavy atom. The topological polar surface area (TPSA) is 34.9 Å². The molecule has 0 bridgehead atoms. The smallest absolute Gasteiger partial charge is 0.149 e. The van der Waals surface area contributed by atoms with Gasteiger partial charge in [0.25, 0.3) is 0 Å². The molecule has 0 aliphatic heterocycles. The summed E-state index contributed by atoms with van der Waals surface area (Å²) in [5.41, 5.74) is 2.08. The lowest BCUT2D eigenvalue weighted by Gasteiger charge is -2.01. The Hall–Kier alpha value is -1.55. The van der Waals surface area contributed by atoms with E-state index in [9.17, 15) is 4.79 Å². The zero-order chi connectivity index (χ0) is 13.0. The van der Waals surface area contributed by atoms with E-state index in [-0.39, 0.29) is 5.78 Å². The van der Waals surface area contributed by atoms with Crippen LogP contribution in [0.4, 0.5) is 0 Å². The first kappa shape index (κ1) is 12.9. The highest BCUT2D eigenvalue weighted by atomic mass is 32.2. The predicted octanol–water partition coefficient (Wildman–Crippen LogP) is 2.63. The lowest BCUT2D eigenvalue weighted by Crippen LogP contribution is -2.06. The van der Waals surface area contributed by atoms with Crippen LogP contribution in [0.2, 0.25) is 0 Å². The molecule has 94 valence electrons. The molecule has 1 aromatic carbocycles. The van der Waals surface area contributed by atoms with E-state index in [0.29, 0.717) is 12.2 Å². The maximum Gasteiger partial charge on any atom is 0.149 e. The zero-order valence-corrected chi connectivity index (χ0v) is 11.4. The normalized spacial score (nSPS) is 10.6. The van der Waals surface area contributed by atoms with Crippen molar-refractivity contribution < 1.29 is 4.79 Å². The number of ketones is 1. The second-order valence-electron chi connectivity index (χ2n) is 4.30. The van der Waals surface area contributed by atoms with Gasteiger partial charge in [-0.2, -0.15) is 5.10 Å². The fraction of sp³-hybridized carbons (Fsp3) is 0.286. The number of aromatic nitrogens is 2. The van der Waals surface area contributed by atoms with Crippen molar-refractivity contribution in [2.75, 3.05) is 5.75 Å². The van der Waals surface area contributed by atoms with Gasteiger partial charge in [-0.1, -0.05) is 17.7 Å². The van der Waals surface area contributed by atoms with Crippen LogP contribution in [0.1, 0.15) is 11.3 Å². The van der Waals surface area contributed by atoms with Crippen molar-refractivity contribution in [2.24, 2.45) is 7.05 Å². The van der Waals surface area contributed by atoms with Gasteiger partial charge < -0.3 is 0 Å². The molecule has 0 amide bonds.